The first-order chi connectivity index (χ1) is 4.15. The van der Waals surface area contributed by atoms with Crippen molar-refractivity contribution < 1.29 is 4.39 Å². The van der Waals surface area contributed by atoms with Gasteiger partial charge >= 0.3 is 0 Å². The maximum atomic E-state index is 9.50. The van der Waals surface area contributed by atoms with Crippen molar-refractivity contribution >= 4 is 0 Å². The average molecular weight is 136 g/mol. The number of halogens is 1. The molecule has 0 N–H and O–H groups in total. The van der Waals surface area contributed by atoms with Gasteiger partial charge in [0.15, 0.2) is 0 Å². The van der Waals surface area contributed by atoms with Crippen LogP contribution in [0.4, 0.5) is 4.39 Å². The summed E-state index contributed by atoms with van der Waals surface area (Å²) in [5, 5.41) is 0. The third kappa shape index (κ3) is 56900. The van der Waals surface area contributed by atoms with Crippen LogP contribution < -0.4 is 0 Å². The molecule has 0 atom stereocenters. The van der Waals surface area contributed by atoms with Crippen LogP contribution in [-0.2, 0) is 0 Å². The molecule has 60 valence electrons. The van der Waals surface area contributed by atoms with Crippen LogP contribution >= 0.6 is 0 Å². The third-order valence-corrected chi connectivity index (χ3v) is 0. The quantitative estimate of drug-likeness (QED) is 0.476. The Kier molecular flexibility index (Phi) is 43.8. The lowest BCUT2D eigenvalue weighted by molar-refractivity contribution is 0.636. The standard InChI is InChI=1S/C4H10.C3H8.CH3F/c1-4(2)3;1-3-2;1-2/h4H,1-3H3;3H2,1-2H3;1H3. The van der Waals surface area contributed by atoms with E-state index in [0.717, 1.165) is 5.92 Å². The van der Waals surface area contributed by atoms with Gasteiger partial charge in [-0.25, -0.2) is 0 Å². The molecule has 1 heteroatoms. The van der Waals surface area contributed by atoms with Gasteiger partial charge < -0.3 is 0 Å². The predicted molar refractivity (Wildman–Crippen MR) is 43.5 cm³/mol. The van der Waals surface area contributed by atoms with E-state index in [1.165, 1.54) is 6.42 Å². The molecule has 0 nitrogen and oxygen atoms in total. The van der Waals surface area contributed by atoms with Crippen molar-refractivity contribution in [3.63, 3.8) is 0 Å². The highest BCUT2D eigenvalue weighted by molar-refractivity contribution is 4.20. The van der Waals surface area contributed by atoms with Gasteiger partial charge in [-0.1, -0.05) is 41.0 Å². The highest BCUT2D eigenvalue weighted by atomic mass is 19.1. The van der Waals surface area contributed by atoms with Crippen LogP contribution in [0.1, 0.15) is 41.0 Å². The lowest BCUT2D eigenvalue weighted by Crippen LogP contribution is -1.66. The molecule has 0 saturated carbocycles. The van der Waals surface area contributed by atoms with Gasteiger partial charge in [0.2, 0.25) is 0 Å². The largest absolute Gasteiger partial charge is 0.255 e. The van der Waals surface area contributed by atoms with E-state index in [1.807, 2.05) is 0 Å². The SMILES string of the molecule is CC(C)C.CCC.CF. The Morgan fingerprint density at radius 3 is 1.00 bits per heavy atom. The number of hydrogen-bond acceptors (Lipinski definition) is 0. The van der Waals surface area contributed by atoms with Gasteiger partial charge in [0.25, 0.3) is 0 Å². The molecule has 0 rings (SSSR count). The van der Waals surface area contributed by atoms with E-state index in [9.17, 15) is 4.39 Å². The summed E-state index contributed by atoms with van der Waals surface area (Å²) in [7, 11) is 0.500. The van der Waals surface area contributed by atoms with Gasteiger partial charge in [0.05, 0.1) is 7.18 Å². The van der Waals surface area contributed by atoms with Crippen LogP contribution in [0, 0.1) is 5.92 Å². The monoisotopic (exact) mass is 136 g/mol. The van der Waals surface area contributed by atoms with Gasteiger partial charge in [-0.05, 0) is 5.92 Å². The first-order valence-corrected chi connectivity index (χ1v) is 3.52. The summed E-state index contributed by atoms with van der Waals surface area (Å²) in [5.41, 5.74) is 0. The summed E-state index contributed by atoms with van der Waals surface area (Å²) < 4.78 is 9.50. The van der Waals surface area contributed by atoms with Gasteiger partial charge in [0, 0.05) is 0 Å². The van der Waals surface area contributed by atoms with E-state index in [-0.39, 0.29) is 0 Å². The summed E-state index contributed by atoms with van der Waals surface area (Å²) in [6.07, 6.45) is 1.25. The fraction of sp³-hybridized carbons (Fsp3) is 1.00. The molecule has 0 unspecified atom stereocenters. The predicted octanol–water partition coefficient (Wildman–Crippen LogP) is 3.66. The van der Waals surface area contributed by atoms with Crippen molar-refractivity contribution in [2.75, 3.05) is 7.18 Å². The Balaban J connectivity index is -0.0000000646. The highest BCUT2D eigenvalue weighted by Crippen LogP contribution is 1.81. The maximum absolute atomic E-state index is 9.50. The third-order valence-electron chi connectivity index (χ3n) is 0. The maximum Gasteiger partial charge on any atom is 0.0785 e. The smallest absolute Gasteiger partial charge is 0.0785 e. The van der Waals surface area contributed by atoms with Crippen molar-refractivity contribution in [2.45, 2.75) is 41.0 Å². The molecule has 0 fully saturated rings. The summed E-state index contributed by atoms with van der Waals surface area (Å²) >= 11 is 0. The Morgan fingerprint density at radius 2 is 1.00 bits per heavy atom. The normalized spacial score (nSPS) is 6.67. The van der Waals surface area contributed by atoms with E-state index in [4.69, 9.17) is 0 Å². The Labute approximate surface area is 59.5 Å². The van der Waals surface area contributed by atoms with Crippen LogP contribution in [0.15, 0.2) is 0 Å². The van der Waals surface area contributed by atoms with E-state index < -0.39 is 0 Å². The Hall–Kier alpha value is -0.0700. The lowest BCUT2D eigenvalue weighted by atomic mass is 10.3. The minimum Gasteiger partial charge on any atom is -0.255 e. The van der Waals surface area contributed by atoms with Crippen LogP contribution in [0.5, 0.6) is 0 Å². The average Bonchev–Trinajstić information content (AvgIpc) is 1.71. The fourth-order valence-electron chi connectivity index (χ4n) is 0. The second-order valence-electron chi connectivity index (χ2n) is 2.44. The fourth-order valence-corrected chi connectivity index (χ4v) is 0. The molecule has 0 aromatic rings. The van der Waals surface area contributed by atoms with Crippen molar-refractivity contribution in [3.05, 3.63) is 0 Å². The van der Waals surface area contributed by atoms with E-state index >= 15 is 0 Å². The van der Waals surface area contributed by atoms with Crippen LogP contribution in [0.25, 0.3) is 0 Å². The van der Waals surface area contributed by atoms with E-state index in [0.29, 0.717) is 7.18 Å². The minimum atomic E-state index is 0.500. The number of alkyl halides is 1. The summed E-state index contributed by atoms with van der Waals surface area (Å²) in [5.74, 6) is 0.833. The highest BCUT2D eigenvalue weighted by Gasteiger charge is 1.68. The zero-order valence-electron chi connectivity index (χ0n) is 7.66. The van der Waals surface area contributed by atoms with Crippen LogP contribution in [-0.4, -0.2) is 7.18 Å². The molecular weight excluding hydrogens is 115 g/mol. The molecule has 0 heterocycles. The molecule has 0 radical (unpaired) electrons. The molecule has 0 spiro atoms. The molecule has 0 aliphatic carbocycles. The zero-order chi connectivity index (χ0) is 8.28. The molecule has 0 aliphatic heterocycles. The van der Waals surface area contributed by atoms with Crippen molar-refractivity contribution in [1.82, 2.24) is 0 Å². The van der Waals surface area contributed by atoms with Gasteiger partial charge in [-0.15, -0.1) is 0 Å². The summed E-state index contributed by atoms with van der Waals surface area (Å²) in [6, 6.07) is 0. The Bertz CT molecular complexity index is 15.8. The number of hydrogen-bond donors (Lipinski definition) is 0. The van der Waals surface area contributed by atoms with Crippen molar-refractivity contribution in [1.29, 1.82) is 0 Å². The van der Waals surface area contributed by atoms with E-state index in [2.05, 4.69) is 34.6 Å². The lowest BCUT2D eigenvalue weighted by Gasteiger charge is -1.79. The Morgan fingerprint density at radius 1 is 1.00 bits per heavy atom. The molecular formula is C8H21F. The second kappa shape index (κ2) is 24.7. The van der Waals surface area contributed by atoms with Crippen molar-refractivity contribution in [3.8, 4) is 0 Å². The van der Waals surface area contributed by atoms with E-state index in [1.54, 1.807) is 0 Å². The molecule has 9 heavy (non-hydrogen) atoms. The molecule has 0 bridgehead atoms. The first kappa shape index (κ1) is 16.0. The molecule has 0 aromatic heterocycles. The van der Waals surface area contributed by atoms with Gasteiger partial charge in [-0.3, -0.25) is 4.39 Å². The summed E-state index contributed by atoms with van der Waals surface area (Å²) in [6.45, 7) is 10.8. The first-order valence-electron chi connectivity index (χ1n) is 3.52. The van der Waals surface area contributed by atoms with Crippen molar-refractivity contribution in [2.24, 2.45) is 5.92 Å². The van der Waals surface area contributed by atoms with Crippen LogP contribution in [0.2, 0.25) is 0 Å². The molecule has 0 amide bonds. The molecule has 0 saturated heterocycles. The molecule has 0 aliphatic rings. The second-order valence-corrected chi connectivity index (χ2v) is 2.44. The van der Waals surface area contributed by atoms with Crippen LogP contribution in [0.3, 0.4) is 0 Å². The minimum absolute atomic E-state index is 0.500. The summed E-state index contributed by atoms with van der Waals surface area (Å²) in [4.78, 5) is 0. The number of rotatable bonds is 0. The zero-order valence-corrected chi connectivity index (χ0v) is 7.66. The van der Waals surface area contributed by atoms with Gasteiger partial charge in [0.1, 0.15) is 0 Å². The van der Waals surface area contributed by atoms with Gasteiger partial charge in [-0.2, -0.15) is 0 Å². The molecule has 0 aromatic carbocycles. The topological polar surface area (TPSA) is 0 Å².